The molecule has 0 bridgehead atoms. The number of hydrogen-bond acceptors (Lipinski definition) is 2. The van der Waals surface area contributed by atoms with Crippen LogP contribution in [0.4, 0.5) is 0 Å². The van der Waals surface area contributed by atoms with Crippen LogP contribution >= 0.6 is 0 Å². The molecule has 0 rings (SSSR count). The first-order valence-electron chi connectivity index (χ1n) is 4.10. The largest absolute Gasteiger partial charge is 0.389 e. The maximum atomic E-state index is 9.57. The normalized spacial score (nSPS) is 18.9. The standard InChI is InChI=1S/C9H19NO/c1-5-8(3)10-7-9(4,11)6-2/h5,8,10-11H,1,6-7H2,2-4H3. The van der Waals surface area contributed by atoms with E-state index in [1.165, 1.54) is 0 Å². The molecule has 0 fully saturated rings. The zero-order valence-electron chi connectivity index (χ0n) is 7.72. The van der Waals surface area contributed by atoms with Crippen molar-refractivity contribution in [3.63, 3.8) is 0 Å². The van der Waals surface area contributed by atoms with Gasteiger partial charge >= 0.3 is 0 Å². The van der Waals surface area contributed by atoms with Gasteiger partial charge in [-0.25, -0.2) is 0 Å². The molecule has 0 aliphatic rings. The highest BCUT2D eigenvalue weighted by atomic mass is 16.3. The van der Waals surface area contributed by atoms with E-state index in [2.05, 4.69) is 11.9 Å². The van der Waals surface area contributed by atoms with Crippen LogP contribution in [0.3, 0.4) is 0 Å². The van der Waals surface area contributed by atoms with Gasteiger partial charge in [-0.1, -0.05) is 13.0 Å². The van der Waals surface area contributed by atoms with Crippen LogP contribution in [0.2, 0.25) is 0 Å². The summed E-state index contributed by atoms with van der Waals surface area (Å²) in [5.41, 5.74) is -0.586. The molecule has 2 nitrogen and oxygen atoms in total. The van der Waals surface area contributed by atoms with Crippen molar-refractivity contribution in [3.05, 3.63) is 12.7 Å². The van der Waals surface area contributed by atoms with E-state index in [1.54, 1.807) is 0 Å². The first-order chi connectivity index (χ1) is 5.02. The molecule has 2 unspecified atom stereocenters. The van der Waals surface area contributed by atoms with Crippen LogP contribution in [-0.4, -0.2) is 23.3 Å². The van der Waals surface area contributed by atoms with E-state index in [0.29, 0.717) is 6.54 Å². The fourth-order valence-electron chi connectivity index (χ4n) is 0.589. The van der Waals surface area contributed by atoms with Crippen LogP contribution in [0.15, 0.2) is 12.7 Å². The van der Waals surface area contributed by atoms with Gasteiger partial charge in [0.05, 0.1) is 5.60 Å². The Morgan fingerprint density at radius 3 is 2.64 bits per heavy atom. The topological polar surface area (TPSA) is 32.3 Å². The lowest BCUT2D eigenvalue weighted by Crippen LogP contribution is -2.40. The van der Waals surface area contributed by atoms with E-state index in [1.807, 2.05) is 26.8 Å². The Balaban J connectivity index is 3.60. The van der Waals surface area contributed by atoms with Crippen molar-refractivity contribution >= 4 is 0 Å². The van der Waals surface area contributed by atoms with E-state index < -0.39 is 5.60 Å². The van der Waals surface area contributed by atoms with Gasteiger partial charge in [0.25, 0.3) is 0 Å². The molecule has 0 aromatic rings. The Kier molecular flexibility index (Phi) is 4.38. The molecule has 0 aliphatic carbocycles. The van der Waals surface area contributed by atoms with E-state index in [9.17, 15) is 5.11 Å². The SMILES string of the molecule is C=CC(C)NCC(C)(O)CC. The average molecular weight is 157 g/mol. The molecule has 0 saturated heterocycles. The smallest absolute Gasteiger partial charge is 0.0741 e. The molecule has 0 aliphatic heterocycles. The Bertz CT molecular complexity index is 121. The minimum absolute atomic E-state index is 0.271. The summed E-state index contributed by atoms with van der Waals surface area (Å²) in [7, 11) is 0. The molecule has 2 atom stereocenters. The van der Waals surface area contributed by atoms with Crippen molar-refractivity contribution in [1.29, 1.82) is 0 Å². The van der Waals surface area contributed by atoms with Crippen molar-refractivity contribution in [3.8, 4) is 0 Å². The third-order valence-corrected chi connectivity index (χ3v) is 1.92. The third-order valence-electron chi connectivity index (χ3n) is 1.92. The summed E-state index contributed by atoms with van der Waals surface area (Å²) in [5.74, 6) is 0. The van der Waals surface area contributed by atoms with E-state index >= 15 is 0 Å². The summed E-state index contributed by atoms with van der Waals surface area (Å²) >= 11 is 0. The number of rotatable bonds is 5. The highest BCUT2D eigenvalue weighted by molar-refractivity contribution is 4.84. The van der Waals surface area contributed by atoms with Gasteiger partial charge < -0.3 is 10.4 Å². The van der Waals surface area contributed by atoms with Gasteiger partial charge in [-0.3, -0.25) is 0 Å². The summed E-state index contributed by atoms with van der Waals surface area (Å²) in [6.45, 7) is 10.1. The van der Waals surface area contributed by atoms with Gasteiger partial charge in [-0.2, -0.15) is 0 Å². The van der Waals surface area contributed by atoms with E-state index in [4.69, 9.17) is 0 Å². The maximum Gasteiger partial charge on any atom is 0.0741 e. The van der Waals surface area contributed by atoms with Crippen molar-refractivity contribution < 1.29 is 5.11 Å². The summed E-state index contributed by atoms with van der Waals surface area (Å²) in [6, 6.07) is 0.271. The van der Waals surface area contributed by atoms with Gasteiger partial charge in [0, 0.05) is 12.6 Å². The number of nitrogens with one attached hydrogen (secondary N) is 1. The number of aliphatic hydroxyl groups is 1. The number of hydrogen-bond donors (Lipinski definition) is 2. The van der Waals surface area contributed by atoms with Crippen LogP contribution in [0.5, 0.6) is 0 Å². The van der Waals surface area contributed by atoms with Gasteiger partial charge in [0.1, 0.15) is 0 Å². The maximum absolute atomic E-state index is 9.57. The van der Waals surface area contributed by atoms with Crippen LogP contribution in [0, 0.1) is 0 Å². The zero-order valence-corrected chi connectivity index (χ0v) is 7.72. The van der Waals surface area contributed by atoms with Crippen molar-refractivity contribution in [2.24, 2.45) is 0 Å². The highest BCUT2D eigenvalue weighted by Gasteiger charge is 2.16. The predicted molar refractivity (Wildman–Crippen MR) is 48.6 cm³/mol. The third kappa shape index (κ3) is 4.99. The molecule has 0 heterocycles. The van der Waals surface area contributed by atoms with Gasteiger partial charge in [-0.15, -0.1) is 6.58 Å². The monoisotopic (exact) mass is 157 g/mol. The van der Waals surface area contributed by atoms with E-state index in [-0.39, 0.29) is 6.04 Å². The Morgan fingerprint density at radius 1 is 1.73 bits per heavy atom. The van der Waals surface area contributed by atoms with Gasteiger partial charge in [0.2, 0.25) is 0 Å². The predicted octanol–water partition coefficient (Wildman–Crippen LogP) is 1.31. The molecule has 66 valence electrons. The van der Waals surface area contributed by atoms with Crippen LogP contribution < -0.4 is 5.32 Å². The lowest BCUT2D eigenvalue weighted by molar-refractivity contribution is 0.0547. The second kappa shape index (κ2) is 4.52. The molecular formula is C9H19NO. The summed E-state index contributed by atoms with van der Waals surface area (Å²) in [5, 5.41) is 12.7. The molecule has 11 heavy (non-hydrogen) atoms. The Morgan fingerprint density at radius 2 is 2.27 bits per heavy atom. The fraction of sp³-hybridized carbons (Fsp3) is 0.778. The Labute approximate surface area is 69.3 Å². The molecule has 0 aromatic heterocycles. The fourth-order valence-corrected chi connectivity index (χ4v) is 0.589. The summed E-state index contributed by atoms with van der Waals surface area (Å²) in [6.07, 6.45) is 2.59. The Hall–Kier alpha value is -0.340. The molecular weight excluding hydrogens is 138 g/mol. The van der Waals surface area contributed by atoms with Crippen LogP contribution in [0.25, 0.3) is 0 Å². The summed E-state index contributed by atoms with van der Waals surface area (Å²) in [4.78, 5) is 0. The lowest BCUT2D eigenvalue weighted by Gasteiger charge is -2.23. The molecule has 2 heteroatoms. The second-order valence-electron chi connectivity index (χ2n) is 3.26. The van der Waals surface area contributed by atoms with Gasteiger partial charge in [-0.05, 0) is 20.3 Å². The summed E-state index contributed by atoms with van der Waals surface area (Å²) < 4.78 is 0. The van der Waals surface area contributed by atoms with Crippen molar-refractivity contribution in [2.45, 2.75) is 38.8 Å². The van der Waals surface area contributed by atoms with E-state index in [0.717, 1.165) is 6.42 Å². The molecule has 2 N–H and O–H groups in total. The first kappa shape index (κ1) is 10.7. The first-order valence-corrected chi connectivity index (χ1v) is 4.10. The van der Waals surface area contributed by atoms with Crippen LogP contribution in [0.1, 0.15) is 27.2 Å². The highest BCUT2D eigenvalue weighted by Crippen LogP contribution is 2.06. The molecule has 0 saturated carbocycles. The second-order valence-corrected chi connectivity index (χ2v) is 3.26. The molecule has 0 amide bonds. The molecule has 0 aromatic carbocycles. The van der Waals surface area contributed by atoms with Crippen LogP contribution in [-0.2, 0) is 0 Å². The molecule has 0 radical (unpaired) electrons. The molecule has 0 spiro atoms. The average Bonchev–Trinajstić information content (AvgIpc) is 2.00. The van der Waals surface area contributed by atoms with Crippen molar-refractivity contribution in [1.82, 2.24) is 5.32 Å². The lowest BCUT2D eigenvalue weighted by atomic mass is 10.0. The minimum Gasteiger partial charge on any atom is -0.389 e. The minimum atomic E-state index is -0.586. The zero-order chi connectivity index (χ0) is 8.91. The quantitative estimate of drug-likeness (QED) is 0.590. The van der Waals surface area contributed by atoms with Gasteiger partial charge in [0.15, 0.2) is 0 Å². The van der Waals surface area contributed by atoms with Crippen molar-refractivity contribution in [2.75, 3.05) is 6.54 Å².